The summed E-state index contributed by atoms with van der Waals surface area (Å²) in [5.41, 5.74) is -0.174. The van der Waals surface area contributed by atoms with E-state index in [-0.39, 0.29) is 22.7 Å². The van der Waals surface area contributed by atoms with Gasteiger partial charge in [0, 0.05) is 6.07 Å². The Morgan fingerprint density at radius 1 is 0.960 bits per heavy atom. The van der Waals surface area contributed by atoms with Gasteiger partial charge in [-0.2, -0.15) is 0 Å². The molecule has 1 aromatic heterocycles. The van der Waals surface area contributed by atoms with Gasteiger partial charge in [0.25, 0.3) is 11.8 Å². The van der Waals surface area contributed by atoms with Crippen LogP contribution in [0.4, 0.5) is 0 Å². The van der Waals surface area contributed by atoms with Gasteiger partial charge in [0.1, 0.15) is 5.60 Å². The zero-order valence-electron chi connectivity index (χ0n) is 14.0. The molecule has 0 spiro atoms. The topological polar surface area (TPSA) is 85.8 Å². The van der Waals surface area contributed by atoms with Crippen LogP contribution >= 0.6 is 0 Å². The van der Waals surface area contributed by atoms with Crippen molar-refractivity contribution >= 4 is 17.8 Å². The minimum Gasteiger partial charge on any atom is -0.472 e. The van der Waals surface area contributed by atoms with E-state index in [9.17, 15) is 14.4 Å². The van der Waals surface area contributed by atoms with Gasteiger partial charge in [0.15, 0.2) is 5.69 Å². The fourth-order valence-electron chi connectivity index (χ4n) is 2.28. The van der Waals surface area contributed by atoms with Gasteiger partial charge < -0.3 is 9.57 Å². The van der Waals surface area contributed by atoms with Crippen LogP contribution in [0.5, 0.6) is 5.88 Å². The van der Waals surface area contributed by atoms with Crippen LogP contribution in [0.1, 0.15) is 52.0 Å². The number of carbonyl (C=O) groups is 3. The Morgan fingerprint density at radius 2 is 1.56 bits per heavy atom. The number of ether oxygens (including phenoxy) is 1. The molecule has 3 rings (SSSR count). The lowest BCUT2D eigenvalue weighted by Crippen LogP contribution is -2.33. The highest BCUT2D eigenvalue weighted by Gasteiger charge is 2.39. The van der Waals surface area contributed by atoms with E-state index in [1.165, 1.54) is 18.2 Å². The monoisotopic (exact) mass is 340 g/mol. The first-order valence-electron chi connectivity index (χ1n) is 7.62. The maximum atomic E-state index is 12.3. The molecule has 25 heavy (non-hydrogen) atoms. The molecule has 0 saturated heterocycles. The number of imide groups is 1. The molecular formula is C18H16N2O5. The lowest BCUT2D eigenvalue weighted by atomic mass is 10.1. The fraction of sp³-hybridized carbons (Fsp3) is 0.222. The molecule has 0 saturated carbocycles. The first-order chi connectivity index (χ1) is 11.8. The van der Waals surface area contributed by atoms with Crippen molar-refractivity contribution in [1.29, 1.82) is 0 Å². The first kappa shape index (κ1) is 16.6. The van der Waals surface area contributed by atoms with Gasteiger partial charge in [-0.05, 0) is 39.0 Å². The van der Waals surface area contributed by atoms with Gasteiger partial charge in [0.2, 0.25) is 5.88 Å². The van der Waals surface area contributed by atoms with E-state index >= 15 is 0 Å². The third-order valence-corrected chi connectivity index (χ3v) is 3.27. The van der Waals surface area contributed by atoms with Crippen molar-refractivity contribution in [1.82, 2.24) is 10.0 Å². The van der Waals surface area contributed by atoms with Gasteiger partial charge in [-0.25, -0.2) is 9.78 Å². The Bertz CT molecular complexity index is 835. The number of amides is 2. The molecule has 2 heterocycles. The van der Waals surface area contributed by atoms with Crippen LogP contribution in [-0.2, 0) is 4.84 Å². The van der Waals surface area contributed by atoms with Crippen LogP contribution in [0.15, 0.2) is 42.5 Å². The maximum Gasteiger partial charge on any atom is 0.382 e. The second-order valence-electron chi connectivity index (χ2n) is 6.40. The van der Waals surface area contributed by atoms with E-state index in [0.717, 1.165) is 0 Å². The zero-order valence-corrected chi connectivity index (χ0v) is 14.0. The van der Waals surface area contributed by atoms with Crippen molar-refractivity contribution in [3.05, 3.63) is 59.3 Å². The molecule has 0 radical (unpaired) electrons. The average molecular weight is 340 g/mol. The van der Waals surface area contributed by atoms with Gasteiger partial charge in [-0.1, -0.05) is 23.3 Å². The van der Waals surface area contributed by atoms with E-state index < -0.39 is 23.4 Å². The first-order valence-corrected chi connectivity index (χ1v) is 7.62. The number of pyridine rings is 1. The minimum atomic E-state index is -0.922. The quantitative estimate of drug-likeness (QED) is 0.799. The van der Waals surface area contributed by atoms with Crippen LogP contribution in [0.3, 0.4) is 0 Å². The molecule has 7 heteroatoms. The normalized spacial score (nSPS) is 13.6. The summed E-state index contributed by atoms with van der Waals surface area (Å²) in [7, 11) is 0. The highest BCUT2D eigenvalue weighted by atomic mass is 16.7. The number of nitrogens with zero attached hydrogens (tertiary/aromatic N) is 2. The van der Waals surface area contributed by atoms with Crippen LogP contribution in [0.25, 0.3) is 0 Å². The van der Waals surface area contributed by atoms with E-state index in [2.05, 4.69) is 4.98 Å². The van der Waals surface area contributed by atoms with Crippen molar-refractivity contribution in [2.24, 2.45) is 0 Å². The fourth-order valence-corrected chi connectivity index (χ4v) is 2.28. The number of hydrogen-bond acceptors (Lipinski definition) is 6. The molecule has 0 aliphatic carbocycles. The molecule has 1 aliphatic rings. The van der Waals surface area contributed by atoms with Gasteiger partial charge in [0.05, 0.1) is 11.1 Å². The van der Waals surface area contributed by atoms with E-state index in [0.29, 0.717) is 5.06 Å². The van der Waals surface area contributed by atoms with Crippen LogP contribution in [0.2, 0.25) is 0 Å². The second kappa shape index (κ2) is 6.01. The number of benzene rings is 1. The van der Waals surface area contributed by atoms with E-state index in [1.807, 2.05) is 20.8 Å². The molecular weight excluding hydrogens is 324 g/mol. The number of rotatable bonds is 3. The minimum absolute atomic E-state index is 0.0710. The van der Waals surface area contributed by atoms with Crippen molar-refractivity contribution in [2.45, 2.75) is 26.4 Å². The Hall–Kier alpha value is -3.22. The zero-order chi connectivity index (χ0) is 18.2. The summed E-state index contributed by atoms with van der Waals surface area (Å²) in [6, 6.07) is 10.8. The molecule has 1 aliphatic heterocycles. The maximum absolute atomic E-state index is 12.3. The Balaban J connectivity index is 1.79. The molecule has 7 nitrogen and oxygen atoms in total. The second-order valence-corrected chi connectivity index (χ2v) is 6.40. The number of hydroxylamine groups is 2. The van der Waals surface area contributed by atoms with Gasteiger partial charge in [-0.3, -0.25) is 9.59 Å². The molecule has 0 fully saturated rings. The van der Waals surface area contributed by atoms with Gasteiger partial charge in [-0.15, -0.1) is 0 Å². The molecule has 0 N–H and O–H groups in total. The van der Waals surface area contributed by atoms with Crippen molar-refractivity contribution in [3.8, 4) is 5.88 Å². The van der Waals surface area contributed by atoms with Crippen LogP contribution < -0.4 is 4.74 Å². The van der Waals surface area contributed by atoms with Crippen molar-refractivity contribution < 1.29 is 24.0 Å². The molecule has 2 aromatic rings. The lowest BCUT2D eigenvalue weighted by molar-refractivity contribution is -0.0589. The van der Waals surface area contributed by atoms with E-state index in [1.54, 1.807) is 24.3 Å². The third-order valence-electron chi connectivity index (χ3n) is 3.27. The molecule has 1 aromatic carbocycles. The van der Waals surface area contributed by atoms with Crippen LogP contribution in [-0.4, -0.2) is 33.4 Å². The van der Waals surface area contributed by atoms with E-state index in [4.69, 9.17) is 9.57 Å². The number of fused-ring (bicyclic) bond motifs is 1. The Labute approximate surface area is 144 Å². The predicted octanol–water partition coefficient (Wildman–Crippen LogP) is 2.63. The van der Waals surface area contributed by atoms with Gasteiger partial charge >= 0.3 is 5.97 Å². The predicted molar refractivity (Wildman–Crippen MR) is 87.0 cm³/mol. The third kappa shape index (κ3) is 3.35. The van der Waals surface area contributed by atoms with Crippen molar-refractivity contribution in [2.75, 3.05) is 0 Å². The Morgan fingerprint density at radius 3 is 2.12 bits per heavy atom. The summed E-state index contributed by atoms with van der Waals surface area (Å²) >= 11 is 0. The molecule has 0 atom stereocenters. The molecule has 128 valence electrons. The summed E-state index contributed by atoms with van der Waals surface area (Å²) in [5.74, 6) is -2.05. The average Bonchev–Trinajstić information content (AvgIpc) is 2.79. The lowest BCUT2D eigenvalue weighted by Gasteiger charge is -2.20. The summed E-state index contributed by atoms with van der Waals surface area (Å²) in [6.07, 6.45) is 0. The highest BCUT2D eigenvalue weighted by Crippen LogP contribution is 2.23. The molecule has 2 amide bonds. The van der Waals surface area contributed by atoms with Crippen molar-refractivity contribution in [3.63, 3.8) is 0 Å². The standard InChI is InChI=1S/C18H16N2O5/c1-18(2,3)24-14-10-6-9-13(19-14)17(23)25-20-15(21)11-7-4-5-8-12(11)16(20)22/h4-10H,1-3H3. The van der Waals surface area contributed by atoms with Crippen LogP contribution in [0, 0.1) is 0 Å². The smallest absolute Gasteiger partial charge is 0.382 e. The summed E-state index contributed by atoms with van der Waals surface area (Å²) in [5, 5.41) is 0.450. The number of carbonyl (C=O) groups excluding carboxylic acids is 3. The molecule has 0 bridgehead atoms. The largest absolute Gasteiger partial charge is 0.472 e. The Kier molecular flexibility index (Phi) is 4.00. The number of aromatic nitrogens is 1. The molecule has 0 unspecified atom stereocenters. The highest BCUT2D eigenvalue weighted by molar-refractivity contribution is 6.21. The summed E-state index contributed by atoms with van der Waals surface area (Å²) in [4.78, 5) is 45.7. The SMILES string of the molecule is CC(C)(C)Oc1cccc(C(=O)ON2C(=O)c3ccccc3C2=O)n1. The summed E-state index contributed by atoms with van der Waals surface area (Å²) in [6.45, 7) is 5.54. The number of hydrogen-bond donors (Lipinski definition) is 0. The summed E-state index contributed by atoms with van der Waals surface area (Å²) < 4.78 is 5.59.